The number of benzene rings is 1. The van der Waals surface area contributed by atoms with Gasteiger partial charge in [-0.3, -0.25) is 9.47 Å². The van der Waals surface area contributed by atoms with Crippen LogP contribution in [0.4, 0.5) is 27.8 Å². The number of nitrogens with zero attached hydrogens (tertiary/aromatic N) is 5. The molecule has 0 N–H and O–H groups in total. The summed E-state index contributed by atoms with van der Waals surface area (Å²) in [5, 5.41) is -0.0733. The van der Waals surface area contributed by atoms with E-state index >= 15 is 0 Å². The first-order valence-electron chi connectivity index (χ1n) is 9.63. The van der Waals surface area contributed by atoms with Gasteiger partial charge in [0.15, 0.2) is 0 Å². The van der Waals surface area contributed by atoms with E-state index < -0.39 is 18.3 Å². The van der Waals surface area contributed by atoms with Gasteiger partial charge >= 0.3 is 12.7 Å². The highest BCUT2D eigenvalue weighted by molar-refractivity contribution is 6.33. The topological polar surface area (TPSA) is 37.2 Å². The van der Waals surface area contributed by atoms with Gasteiger partial charge in [-0.05, 0) is 25.1 Å². The van der Waals surface area contributed by atoms with Crippen LogP contribution in [-0.4, -0.2) is 45.6 Å². The largest absolute Gasteiger partial charge is 0.417 e. The number of anilines is 1. The minimum atomic E-state index is -4.51. The number of imidazole rings is 1. The van der Waals surface area contributed by atoms with Crippen LogP contribution in [0, 0.1) is 0 Å². The number of hydrogen-bond donors (Lipinski definition) is 0. The summed E-state index contributed by atoms with van der Waals surface area (Å²) >= 11 is 6.05. The van der Waals surface area contributed by atoms with Crippen LogP contribution in [0.25, 0.3) is 11.0 Å². The van der Waals surface area contributed by atoms with Crippen LogP contribution < -0.4 is 4.90 Å². The zero-order chi connectivity index (χ0) is 22.3. The molecule has 1 atom stereocenters. The molecule has 1 aliphatic heterocycles. The first-order chi connectivity index (χ1) is 14.7. The van der Waals surface area contributed by atoms with E-state index in [0.29, 0.717) is 37.2 Å². The third-order valence-corrected chi connectivity index (χ3v) is 5.78. The summed E-state index contributed by atoms with van der Waals surface area (Å²) in [4.78, 5) is 12.1. The van der Waals surface area contributed by atoms with Gasteiger partial charge in [0, 0.05) is 32.4 Å². The summed E-state index contributed by atoms with van der Waals surface area (Å²) in [5.41, 5.74) is -0.0258. The summed E-state index contributed by atoms with van der Waals surface area (Å²) in [7, 11) is 0. The van der Waals surface area contributed by atoms with Gasteiger partial charge in [-0.25, -0.2) is 9.97 Å². The maximum Gasteiger partial charge on any atom is 0.417 e. The van der Waals surface area contributed by atoms with Crippen LogP contribution in [0.15, 0.2) is 36.5 Å². The summed E-state index contributed by atoms with van der Waals surface area (Å²) in [6.45, 7) is 0.967. The van der Waals surface area contributed by atoms with Crippen molar-refractivity contribution in [3.63, 3.8) is 0 Å². The normalized spacial score (nSPS) is 17.0. The molecule has 5 nitrogen and oxygen atoms in total. The Morgan fingerprint density at radius 3 is 2.35 bits per heavy atom. The average molecular weight is 460 g/mol. The molecule has 1 fully saturated rings. The molecule has 1 aliphatic rings. The van der Waals surface area contributed by atoms with Crippen molar-refractivity contribution in [1.29, 1.82) is 0 Å². The zero-order valence-electron chi connectivity index (χ0n) is 16.5. The summed E-state index contributed by atoms with van der Waals surface area (Å²) < 4.78 is 66.9. The van der Waals surface area contributed by atoms with E-state index in [2.05, 4.69) is 9.97 Å². The summed E-state index contributed by atoms with van der Waals surface area (Å²) in [6, 6.07) is 7.24. The fourth-order valence-electron chi connectivity index (χ4n) is 3.87. The molecule has 3 aromatic rings. The number of aromatic nitrogens is 3. The van der Waals surface area contributed by atoms with Crippen molar-refractivity contribution >= 4 is 28.5 Å². The van der Waals surface area contributed by atoms with E-state index in [1.54, 1.807) is 29.2 Å². The maximum absolute atomic E-state index is 13.8. The first kappa shape index (κ1) is 21.8. The van der Waals surface area contributed by atoms with Crippen molar-refractivity contribution in [2.75, 3.05) is 31.1 Å². The number of rotatable bonds is 4. The Hall–Kier alpha value is -2.46. The quantitative estimate of drug-likeness (QED) is 0.491. The van der Waals surface area contributed by atoms with Crippen LogP contribution in [0.2, 0.25) is 5.02 Å². The SMILES string of the molecule is CC(c1nc2ccccc2n1C(F)F)N1CCN(c2ncc(C(F)(F)F)cc2Cl)CC1. The number of para-hydroxylation sites is 2. The molecule has 0 spiro atoms. The monoisotopic (exact) mass is 459 g/mol. The first-order valence-corrected chi connectivity index (χ1v) is 10.0. The van der Waals surface area contributed by atoms with E-state index in [0.717, 1.165) is 16.8 Å². The molecule has 31 heavy (non-hydrogen) atoms. The maximum atomic E-state index is 13.8. The van der Waals surface area contributed by atoms with Crippen molar-refractivity contribution in [1.82, 2.24) is 19.4 Å². The van der Waals surface area contributed by atoms with Crippen molar-refractivity contribution in [3.8, 4) is 0 Å². The number of halogens is 6. The third-order valence-electron chi connectivity index (χ3n) is 5.50. The number of piperazine rings is 1. The van der Waals surface area contributed by atoms with Crippen molar-refractivity contribution < 1.29 is 22.0 Å². The van der Waals surface area contributed by atoms with E-state index in [1.807, 2.05) is 11.8 Å². The summed E-state index contributed by atoms with van der Waals surface area (Å²) in [5.74, 6) is 0.553. The fraction of sp³-hybridized carbons (Fsp3) is 0.400. The van der Waals surface area contributed by atoms with Gasteiger partial charge in [0.1, 0.15) is 11.6 Å². The number of pyridine rings is 1. The fourth-order valence-corrected chi connectivity index (χ4v) is 4.15. The number of hydrogen-bond acceptors (Lipinski definition) is 4. The van der Waals surface area contributed by atoms with Crippen LogP contribution in [-0.2, 0) is 6.18 Å². The van der Waals surface area contributed by atoms with Gasteiger partial charge in [0.05, 0.1) is 27.7 Å². The second kappa shape index (κ2) is 8.23. The van der Waals surface area contributed by atoms with E-state index in [1.165, 1.54) is 0 Å². The molecule has 1 saturated heterocycles. The molecule has 1 unspecified atom stereocenters. The van der Waals surface area contributed by atoms with E-state index in [4.69, 9.17) is 11.6 Å². The Balaban J connectivity index is 1.51. The van der Waals surface area contributed by atoms with Gasteiger partial charge in [-0.1, -0.05) is 23.7 Å². The van der Waals surface area contributed by atoms with Gasteiger partial charge in [0.25, 0.3) is 0 Å². The van der Waals surface area contributed by atoms with Gasteiger partial charge in [0.2, 0.25) is 0 Å². The predicted molar refractivity (Wildman–Crippen MR) is 107 cm³/mol. The van der Waals surface area contributed by atoms with Crippen LogP contribution in [0.1, 0.15) is 30.9 Å². The van der Waals surface area contributed by atoms with Gasteiger partial charge < -0.3 is 4.90 Å². The van der Waals surface area contributed by atoms with Crippen LogP contribution in [0.5, 0.6) is 0 Å². The molecule has 4 rings (SSSR count). The molecule has 11 heteroatoms. The van der Waals surface area contributed by atoms with Crippen molar-refractivity contribution in [2.45, 2.75) is 25.7 Å². The molecule has 2 aromatic heterocycles. The lowest BCUT2D eigenvalue weighted by molar-refractivity contribution is -0.137. The smallest absolute Gasteiger partial charge is 0.353 e. The van der Waals surface area contributed by atoms with Crippen LogP contribution in [0.3, 0.4) is 0 Å². The number of fused-ring (bicyclic) bond motifs is 1. The lowest BCUT2D eigenvalue weighted by Gasteiger charge is -2.38. The molecular weight excluding hydrogens is 441 g/mol. The standard InChI is InChI=1S/C20H19ClF5N5/c1-12(17-28-15-4-2-3-5-16(15)31(17)19(22)23)29-6-8-30(9-7-29)18-14(21)10-13(11-27-18)20(24,25)26/h2-5,10-12,19H,6-9H2,1H3. The van der Waals surface area contributed by atoms with Crippen molar-refractivity contribution in [2.24, 2.45) is 0 Å². The highest BCUT2D eigenvalue weighted by Crippen LogP contribution is 2.35. The molecular formula is C20H19ClF5N5. The molecule has 0 amide bonds. The van der Waals surface area contributed by atoms with Crippen LogP contribution >= 0.6 is 11.6 Å². The molecule has 166 valence electrons. The molecule has 1 aromatic carbocycles. The van der Waals surface area contributed by atoms with Crippen molar-refractivity contribution in [3.05, 3.63) is 52.9 Å². The number of alkyl halides is 5. The highest BCUT2D eigenvalue weighted by Gasteiger charge is 2.33. The molecule has 0 bridgehead atoms. The Morgan fingerprint density at radius 2 is 1.74 bits per heavy atom. The molecule has 0 saturated carbocycles. The van der Waals surface area contributed by atoms with E-state index in [-0.39, 0.29) is 22.7 Å². The summed E-state index contributed by atoms with van der Waals surface area (Å²) in [6.07, 6.45) is -3.75. The average Bonchev–Trinajstić information content (AvgIpc) is 3.12. The predicted octanol–water partition coefficient (Wildman–Crippen LogP) is 5.38. The lowest BCUT2D eigenvalue weighted by atomic mass is 10.2. The molecule has 3 heterocycles. The zero-order valence-corrected chi connectivity index (χ0v) is 17.2. The Bertz CT molecular complexity index is 1080. The van der Waals surface area contributed by atoms with E-state index in [9.17, 15) is 22.0 Å². The second-order valence-electron chi connectivity index (χ2n) is 7.33. The molecule has 0 aliphatic carbocycles. The third kappa shape index (κ3) is 4.18. The van der Waals surface area contributed by atoms with Gasteiger partial charge in [-0.15, -0.1) is 0 Å². The minimum Gasteiger partial charge on any atom is -0.353 e. The Kier molecular flexibility index (Phi) is 5.78. The highest BCUT2D eigenvalue weighted by atomic mass is 35.5. The van der Waals surface area contributed by atoms with Gasteiger partial charge in [-0.2, -0.15) is 22.0 Å². The second-order valence-corrected chi connectivity index (χ2v) is 7.74. The Labute approximate surface area is 180 Å². The lowest BCUT2D eigenvalue weighted by Crippen LogP contribution is -2.48. The minimum absolute atomic E-state index is 0.0733. The Morgan fingerprint density at radius 1 is 1.06 bits per heavy atom. The molecule has 0 radical (unpaired) electrons.